The SMILES string of the molecule is Cc1ccc(C#N)cc1Oc1ccccc1[C@@H](C)O. The van der Waals surface area contributed by atoms with Crippen LogP contribution in [-0.2, 0) is 0 Å². The minimum absolute atomic E-state index is 0.551. The minimum Gasteiger partial charge on any atom is -0.457 e. The predicted octanol–water partition coefficient (Wildman–Crippen LogP) is 3.71. The van der Waals surface area contributed by atoms with E-state index in [2.05, 4.69) is 6.07 Å². The van der Waals surface area contributed by atoms with Crippen LogP contribution >= 0.6 is 0 Å². The summed E-state index contributed by atoms with van der Waals surface area (Å²) in [7, 11) is 0. The van der Waals surface area contributed by atoms with Crippen molar-refractivity contribution in [2.75, 3.05) is 0 Å². The molecule has 19 heavy (non-hydrogen) atoms. The summed E-state index contributed by atoms with van der Waals surface area (Å²) >= 11 is 0. The highest BCUT2D eigenvalue weighted by Crippen LogP contribution is 2.31. The van der Waals surface area contributed by atoms with E-state index in [1.165, 1.54) is 0 Å². The number of nitriles is 1. The van der Waals surface area contributed by atoms with Crippen LogP contribution in [0.3, 0.4) is 0 Å². The second kappa shape index (κ2) is 5.55. The summed E-state index contributed by atoms with van der Waals surface area (Å²) in [5.41, 5.74) is 2.22. The van der Waals surface area contributed by atoms with E-state index in [0.29, 0.717) is 17.1 Å². The van der Waals surface area contributed by atoms with Gasteiger partial charge in [-0.2, -0.15) is 5.26 Å². The van der Waals surface area contributed by atoms with E-state index in [9.17, 15) is 5.11 Å². The third-order valence-corrected chi connectivity index (χ3v) is 2.91. The van der Waals surface area contributed by atoms with Crippen LogP contribution in [0.1, 0.15) is 29.7 Å². The van der Waals surface area contributed by atoms with E-state index in [0.717, 1.165) is 11.1 Å². The minimum atomic E-state index is -0.601. The fourth-order valence-corrected chi connectivity index (χ4v) is 1.82. The second-order valence-corrected chi connectivity index (χ2v) is 4.41. The predicted molar refractivity (Wildman–Crippen MR) is 73.0 cm³/mol. The van der Waals surface area contributed by atoms with Gasteiger partial charge < -0.3 is 9.84 Å². The summed E-state index contributed by atoms with van der Waals surface area (Å²) in [4.78, 5) is 0. The highest BCUT2D eigenvalue weighted by Gasteiger charge is 2.10. The maximum absolute atomic E-state index is 9.72. The molecular weight excluding hydrogens is 238 g/mol. The summed E-state index contributed by atoms with van der Waals surface area (Å²) in [6.45, 7) is 3.61. The molecule has 0 saturated heterocycles. The molecule has 0 aliphatic rings. The molecule has 0 unspecified atom stereocenters. The molecule has 3 heteroatoms. The molecule has 0 amide bonds. The molecule has 0 bridgehead atoms. The van der Waals surface area contributed by atoms with Gasteiger partial charge in [-0.25, -0.2) is 0 Å². The Kier molecular flexibility index (Phi) is 3.84. The van der Waals surface area contributed by atoms with Crippen molar-refractivity contribution in [1.29, 1.82) is 5.26 Å². The molecule has 0 radical (unpaired) electrons. The highest BCUT2D eigenvalue weighted by atomic mass is 16.5. The quantitative estimate of drug-likeness (QED) is 0.907. The first-order chi connectivity index (χ1) is 9.11. The van der Waals surface area contributed by atoms with Crippen LogP contribution in [0.15, 0.2) is 42.5 Å². The number of hydrogen-bond acceptors (Lipinski definition) is 3. The van der Waals surface area contributed by atoms with E-state index in [4.69, 9.17) is 10.00 Å². The van der Waals surface area contributed by atoms with Crippen LogP contribution in [0.2, 0.25) is 0 Å². The lowest BCUT2D eigenvalue weighted by Gasteiger charge is -2.14. The van der Waals surface area contributed by atoms with Gasteiger partial charge in [0.25, 0.3) is 0 Å². The molecule has 0 fully saturated rings. The smallest absolute Gasteiger partial charge is 0.133 e. The standard InChI is InChI=1S/C16H15NO2/c1-11-7-8-13(10-17)9-16(11)19-15-6-4-3-5-14(15)12(2)18/h3-9,12,18H,1-2H3/t12-/m1/s1. The lowest BCUT2D eigenvalue weighted by Crippen LogP contribution is -1.97. The largest absolute Gasteiger partial charge is 0.457 e. The van der Waals surface area contributed by atoms with E-state index in [-0.39, 0.29) is 0 Å². The lowest BCUT2D eigenvalue weighted by molar-refractivity contribution is 0.195. The van der Waals surface area contributed by atoms with E-state index in [1.807, 2.05) is 31.2 Å². The van der Waals surface area contributed by atoms with Gasteiger partial charge in [-0.15, -0.1) is 0 Å². The Labute approximate surface area is 112 Å². The lowest BCUT2D eigenvalue weighted by atomic mass is 10.1. The normalized spacial score (nSPS) is 11.7. The monoisotopic (exact) mass is 253 g/mol. The molecule has 0 aliphatic heterocycles. The van der Waals surface area contributed by atoms with Crippen molar-refractivity contribution < 1.29 is 9.84 Å². The van der Waals surface area contributed by atoms with Gasteiger partial charge in [-0.1, -0.05) is 24.3 Å². The van der Waals surface area contributed by atoms with Crippen molar-refractivity contribution in [1.82, 2.24) is 0 Å². The summed E-state index contributed by atoms with van der Waals surface area (Å²) in [6, 6.07) is 14.7. The average molecular weight is 253 g/mol. The maximum Gasteiger partial charge on any atom is 0.133 e. The number of rotatable bonds is 3. The average Bonchev–Trinajstić information content (AvgIpc) is 2.41. The molecule has 96 valence electrons. The zero-order valence-corrected chi connectivity index (χ0v) is 10.9. The number of benzene rings is 2. The number of aryl methyl sites for hydroxylation is 1. The summed E-state index contributed by atoms with van der Waals surface area (Å²) in [5, 5.41) is 18.6. The van der Waals surface area contributed by atoms with Gasteiger partial charge in [-0.05, 0) is 37.6 Å². The van der Waals surface area contributed by atoms with Crippen molar-refractivity contribution in [3.63, 3.8) is 0 Å². The summed E-state index contributed by atoms with van der Waals surface area (Å²) in [5.74, 6) is 1.24. The van der Waals surface area contributed by atoms with Gasteiger partial charge in [0.1, 0.15) is 11.5 Å². The van der Waals surface area contributed by atoms with Crippen molar-refractivity contribution >= 4 is 0 Å². The topological polar surface area (TPSA) is 53.2 Å². The first kappa shape index (κ1) is 13.1. The van der Waals surface area contributed by atoms with Crippen LogP contribution in [0.25, 0.3) is 0 Å². The number of ether oxygens (including phenoxy) is 1. The van der Waals surface area contributed by atoms with Crippen LogP contribution in [0.4, 0.5) is 0 Å². The first-order valence-electron chi connectivity index (χ1n) is 6.07. The fourth-order valence-electron chi connectivity index (χ4n) is 1.82. The van der Waals surface area contributed by atoms with Crippen LogP contribution in [0, 0.1) is 18.3 Å². The molecule has 0 heterocycles. The molecule has 2 aromatic carbocycles. The number of aliphatic hydroxyl groups excluding tert-OH is 1. The molecule has 0 aromatic heterocycles. The van der Waals surface area contributed by atoms with Gasteiger partial charge >= 0.3 is 0 Å². The van der Waals surface area contributed by atoms with Gasteiger partial charge in [0.05, 0.1) is 17.7 Å². The van der Waals surface area contributed by atoms with Gasteiger partial charge in [0.2, 0.25) is 0 Å². The van der Waals surface area contributed by atoms with Gasteiger partial charge in [0, 0.05) is 5.56 Å². The molecular formula is C16H15NO2. The maximum atomic E-state index is 9.72. The molecule has 1 atom stereocenters. The number of aliphatic hydroxyl groups is 1. The molecule has 0 aliphatic carbocycles. The van der Waals surface area contributed by atoms with Crippen LogP contribution < -0.4 is 4.74 Å². The molecule has 0 spiro atoms. The van der Waals surface area contributed by atoms with E-state index in [1.54, 1.807) is 25.1 Å². The summed E-state index contributed by atoms with van der Waals surface area (Å²) in [6.07, 6.45) is -0.601. The Morgan fingerprint density at radius 3 is 2.58 bits per heavy atom. The third-order valence-electron chi connectivity index (χ3n) is 2.91. The fraction of sp³-hybridized carbons (Fsp3) is 0.188. The van der Waals surface area contributed by atoms with Gasteiger partial charge in [0.15, 0.2) is 0 Å². The van der Waals surface area contributed by atoms with Crippen molar-refractivity contribution in [2.45, 2.75) is 20.0 Å². The molecule has 2 aromatic rings. The van der Waals surface area contributed by atoms with Crippen molar-refractivity contribution in [3.05, 3.63) is 59.2 Å². The Balaban J connectivity index is 2.39. The molecule has 1 N–H and O–H groups in total. The number of nitrogens with zero attached hydrogens (tertiary/aromatic N) is 1. The van der Waals surface area contributed by atoms with Crippen molar-refractivity contribution in [3.8, 4) is 17.6 Å². The van der Waals surface area contributed by atoms with E-state index >= 15 is 0 Å². The third kappa shape index (κ3) is 2.93. The Hall–Kier alpha value is -2.31. The zero-order valence-electron chi connectivity index (χ0n) is 10.9. The van der Waals surface area contributed by atoms with Crippen LogP contribution in [-0.4, -0.2) is 5.11 Å². The summed E-state index contributed by atoms with van der Waals surface area (Å²) < 4.78 is 5.83. The van der Waals surface area contributed by atoms with Crippen LogP contribution in [0.5, 0.6) is 11.5 Å². The molecule has 0 saturated carbocycles. The Morgan fingerprint density at radius 2 is 1.89 bits per heavy atom. The molecule has 2 rings (SSSR count). The Bertz CT molecular complexity index is 627. The second-order valence-electron chi connectivity index (χ2n) is 4.41. The first-order valence-corrected chi connectivity index (χ1v) is 6.07. The zero-order chi connectivity index (χ0) is 13.8. The molecule has 3 nitrogen and oxygen atoms in total. The van der Waals surface area contributed by atoms with Crippen molar-refractivity contribution in [2.24, 2.45) is 0 Å². The van der Waals surface area contributed by atoms with Gasteiger partial charge in [-0.3, -0.25) is 0 Å². The van der Waals surface area contributed by atoms with E-state index < -0.39 is 6.10 Å². The number of para-hydroxylation sites is 1. The number of hydrogen-bond donors (Lipinski definition) is 1. The highest BCUT2D eigenvalue weighted by molar-refractivity contribution is 5.45. The Morgan fingerprint density at radius 1 is 1.16 bits per heavy atom.